The highest BCUT2D eigenvalue weighted by atomic mass is 35.5. The maximum atomic E-state index is 12.0. The van der Waals surface area contributed by atoms with Gasteiger partial charge in [0.15, 0.2) is 0 Å². The topological polar surface area (TPSA) is 53.0 Å². The second kappa shape index (κ2) is 9.51. The summed E-state index contributed by atoms with van der Waals surface area (Å²) < 4.78 is 5.90. The first-order valence-corrected chi connectivity index (χ1v) is 10.5. The van der Waals surface area contributed by atoms with Crippen LogP contribution >= 0.6 is 11.6 Å². The van der Waals surface area contributed by atoms with E-state index in [1.807, 2.05) is 44.1 Å². The minimum absolute atomic E-state index is 0.243. The zero-order chi connectivity index (χ0) is 21.0. The maximum Gasteiger partial charge on any atom is 0.320 e. The minimum atomic E-state index is -0.778. The predicted molar refractivity (Wildman–Crippen MR) is 117 cm³/mol. The second-order valence-corrected chi connectivity index (χ2v) is 8.03. The van der Waals surface area contributed by atoms with E-state index in [-0.39, 0.29) is 6.04 Å². The Morgan fingerprint density at radius 2 is 1.97 bits per heavy atom. The molecule has 2 atom stereocenters. The first-order chi connectivity index (χ1) is 13.9. The lowest BCUT2D eigenvalue weighted by Crippen LogP contribution is -2.46. The van der Waals surface area contributed by atoms with Crippen molar-refractivity contribution in [3.05, 3.63) is 58.6 Å². The van der Waals surface area contributed by atoms with Gasteiger partial charge in [-0.05, 0) is 62.2 Å². The molecule has 1 heterocycles. The van der Waals surface area contributed by atoms with Gasteiger partial charge in [-0.25, -0.2) is 0 Å². The van der Waals surface area contributed by atoms with Gasteiger partial charge in [0.2, 0.25) is 0 Å². The summed E-state index contributed by atoms with van der Waals surface area (Å²) in [7, 11) is 4.00. The number of likely N-dealkylation sites (tertiary alicyclic amines) is 1. The number of carboxylic acids is 1. The number of carboxylic acid groups (broad SMARTS) is 1. The van der Waals surface area contributed by atoms with Crippen molar-refractivity contribution in [2.75, 3.05) is 32.1 Å². The van der Waals surface area contributed by atoms with Gasteiger partial charge < -0.3 is 14.7 Å². The van der Waals surface area contributed by atoms with Crippen LogP contribution in [-0.4, -0.2) is 49.3 Å². The molecule has 1 aliphatic heterocycles. The summed E-state index contributed by atoms with van der Waals surface area (Å²) in [5.74, 6) is -0.0344. The largest absolute Gasteiger partial charge is 0.494 e. The van der Waals surface area contributed by atoms with Crippen molar-refractivity contribution in [3.63, 3.8) is 0 Å². The Labute approximate surface area is 177 Å². The van der Waals surface area contributed by atoms with Gasteiger partial charge in [-0.3, -0.25) is 9.69 Å². The molecule has 0 radical (unpaired) electrons. The van der Waals surface area contributed by atoms with Crippen molar-refractivity contribution >= 4 is 23.3 Å². The number of hydrogen-bond acceptors (Lipinski definition) is 4. The van der Waals surface area contributed by atoms with E-state index in [1.54, 1.807) is 0 Å². The van der Waals surface area contributed by atoms with Crippen molar-refractivity contribution in [3.8, 4) is 5.75 Å². The van der Waals surface area contributed by atoms with Crippen LogP contribution in [0.3, 0.4) is 0 Å². The number of anilines is 1. The fourth-order valence-corrected chi connectivity index (χ4v) is 4.23. The van der Waals surface area contributed by atoms with Crippen molar-refractivity contribution in [2.24, 2.45) is 0 Å². The Morgan fingerprint density at radius 1 is 1.24 bits per heavy atom. The second-order valence-electron chi connectivity index (χ2n) is 7.59. The molecule has 1 N–H and O–H groups in total. The monoisotopic (exact) mass is 416 g/mol. The molecule has 2 unspecified atom stereocenters. The third kappa shape index (κ3) is 4.85. The van der Waals surface area contributed by atoms with Crippen LogP contribution in [0.5, 0.6) is 5.75 Å². The van der Waals surface area contributed by atoms with Gasteiger partial charge in [0.25, 0.3) is 0 Å². The summed E-state index contributed by atoms with van der Waals surface area (Å²) in [5.41, 5.74) is 3.04. The molecule has 0 aromatic heterocycles. The lowest BCUT2D eigenvalue weighted by Gasteiger charge is -2.40. The van der Waals surface area contributed by atoms with E-state index in [0.29, 0.717) is 18.1 Å². The summed E-state index contributed by atoms with van der Waals surface area (Å²) in [6, 6.07) is 13.1. The number of nitrogens with zero attached hydrogens (tertiary/aromatic N) is 2. The number of ether oxygens (including phenoxy) is 1. The van der Waals surface area contributed by atoms with Crippen LogP contribution in [-0.2, 0) is 4.79 Å². The zero-order valence-electron chi connectivity index (χ0n) is 17.3. The molecular formula is C23H29ClN2O3. The third-order valence-electron chi connectivity index (χ3n) is 5.45. The molecule has 29 heavy (non-hydrogen) atoms. The van der Waals surface area contributed by atoms with Gasteiger partial charge in [0, 0.05) is 30.4 Å². The Bertz CT molecular complexity index is 839. The molecule has 2 aromatic carbocycles. The van der Waals surface area contributed by atoms with Gasteiger partial charge in [-0.2, -0.15) is 0 Å². The molecule has 0 spiro atoms. The number of halogens is 1. The van der Waals surface area contributed by atoms with E-state index in [1.165, 1.54) is 0 Å². The molecule has 2 aromatic rings. The molecule has 156 valence electrons. The summed E-state index contributed by atoms with van der Waals surface area (Å²) >= 11 is 6.36. The quantitative estimate of drug-likeness (QED) is 0.700. The van der Waals surface area contributed by atoms with Crippen LogP contribution in [0.1, 0.15) is 43.4 Å². The fraction of sp³-hybridized carbons (Fsp3) is 0.435. The van der Waals surface area contributed by atoms with Gasteiger partial charge >= 0.3 is 5.97 Å². The number of piperidine rings is 1. The highest BCUT2D eigenvalue weighted by Crippen LogP contribution is 2.40. The lowest BCUT2D eigenvalue weighted by atomic mass is 9.91. The number of carbonyl (C=O) groups is 1. The van der Waals surface area contributed by atoms with Gasteiger partial charge in [-0.1, -0.05) is 30.2 Å². The molecule has 1 aliphatic rings. The zero-order valence-corrected chi connectivity index (χ0v) is 18.0. The van der Waals surface area contributed by atoms with Gasteiger partial charge in [0.1, 0.15) is 11.8 Å². The lowest BCUT2D eigenvalue weighted by molar-refractivity contribution is -0.145. The van der Waals surface area contributed by atoms with E-state index in [2.05, 4.69) is 29.2 Å². The number of hydrogen-bond donors (Lipinski definition) is 1. The van der Waals surface area contributed by atoms with Crippen molar-refractivity contribution in [1.82, 2.24) is 4.90 Å². The van der Waals surface area contributed by atoms with E-state index >= 15 is 0 Å². The fourth-order valence-electron chi connectivity index (χ4n) is 4.05. The number of rotatable bonds is 7. The first-order valence-electron chi connectivity index (χ1n) is 10.1. The van der Waals surface area contributed by atoms with Crippen molar-refractivity contribution in [2.45, 2.75) is 38.3 Å². The maximum absolute atomic E-state index is 12.0. The molecular weight excluding hydrogens is 388 g/mol. The minimum Gasteiger partial charge on any atom is -0.494 e. The van der Waals surface area contributed by atoms with E-state index < -0.39 is 12.0 Å². The number of benzene rings is 2. The van der Waals surface area contributed by atoms with Crippen LogP contribution in [0.4, 0.5) is 5.69 Å². The third-order valence-corrected chi connectivity index (χ3v) is 5.69. The first kappa shape index (κ1) is 21.5. The molecule has 0 amide bonds. The Hall–Kier alpha value is -2.24. The van der Waals surface area contributed by atoms with Crippen molar-refractivity contribution < 1.29 is 14.6 Å². The Kier molecular flexibility index (Phi) is 7.04. The van der Waals surface area contributed by atoms with Gasteiger partial charge in [-0.15, -0.1) is 0 Å². The summed E-state index contributed by atoms with van der Waals surface area (Å²) in [4.78, 5) is 16.2. The molecule has 0 bridgehead atoms. The normalized spacial score (nSPS) is 18.3. The van der Waals surface area contributed by atoms with Crippen LogP contribution in [0, 0.1) is 0 Å². The molecule has 0 aliphatic carbocycles. The van der Waals surface area contributed by atoms with Crippen molar-refractivity contribution in [1.29, 1.82) is 0 Å². The molecule has 6 heteroatoms. The number of aliphatic carboxylic acids is 1. The molecule has 1 saturated heterocycles. The molecule has 3 rings (SSSR count). The van der Waals surface area contributed by atoms with E-state index in [0.717, 1.165) is 42.0 Å². The average Bonchev–Trinajstić information content (AvgIpc) is 2.71. The highest BCUT2D eigenvalue weighted by molar-refractivity contribution is 6.30. The van der Waals surface area contributed by atoms with Crippen LogP contribution in [0.2, 0.25) is 5.02 Å². The molecule has 5 nitrogen and oxygen atoms in total. The predicted octanol–water partition coefficient (Wildman–Crippen LogP) is 4.83. The van der Waals surface area contributed by atoms with E-state index in [9.17, 15) is 9.90 Å². The summed E-state index contributed by atoms with van der Waals surface area (Å²) in [5, 5.41) is 10.5. The molecule has 0 saturated carbocycles. The van der Waals surface area contributed by atoms with Crippen LogP contribution in [0.15, 0.2) is 42.5 Å². The Balaban J connectivity index is 2.14. The average molecular weight is 417 g/mol. The van der Waals surface area contributed by atoms with Crippen LogP contribution in [0.25, 0.3) is 0 Å². The standard InChI is InChI=1S/C23H29ClN2O3/c1-4-29-21-13-10-17(24)15-19(21)22(16-8-11-18(12-9-16)25(2)3)26-14-6-5-7-20(26)23(27)28/h8-13,15,20,22H,4-7,14H2,1-3H3,(H,27,28). The summed E-state index contributed by atoms with van der Waals surface area (Å²) in [6.45, 7) is 3.19. The molecule has 1 fully saturated rings. The Morgan fingerprint density at radius 3 is 2.59 bits per heavy atom. The summed E-state index contributed by atoms with van der Waals surface area (Å²) in [6.07, 6.45) is 2.54. The van der Waals surface area contributed by atoms with E-state index in [4.69, 9.17) is 16.3 Å². The highest BCUT2D eigenvalue weighted by Gasteiger charge is 2.36. The van der Waals surface area contributed by atoms with Crippen LogP contribution < -0.4 is 9.64 Å². The smallest absolute Gasteiger partial charge is 0.320 e. The SMILES string of the molecule is CCOc1ccc(Cl)cc1C(c1ccc(N(C)C)cc1)N1CCCCC1C(=O)O. The van der Waals surface area contributed by atoms with Gasteiger partial charge in [0.05, 0.1) is 12.6 Å².